The molecule has 2 heterocycles. The van der Waals surface area contributed by atoms with E-state index < -0.39 is 0 Å². The molecule has 1 amide bonds. The Labute approximate surface area is 200 Å². The lowest BCUT2D eigenvalue weighted by Crippen LogP contribution is -2.57. The van der Waals surface area contributed by atoms with Crippen LogP contribution in [-0.2, 0) is 4.79 Å². The highest BCUT2D eigenvalue weighted by molar-refractivity contribution is 14.0. The molecule has 2 saturated heterocycles. The zero-order valence-corrected chi connectivity index (χ0v) is 21.8. The molecule has 0 spiro atoms. The molecule has 0 aliphatic carbocycles. The number of nitrogens with one attached hydrogen (secondary N) is 1. The lowest BCUT2D eigenvalue weighted by atomic mass is 9.94. The van der Waals surface area contributed by atoms with Crippen molar-refractivity contribution < 1.29 is 9.90 Å². The Morgan fingerprint density at radius 1 is 1.03 bits per heavy atom. The van der Waals surface area contributed by atoms with Crippen LogP contribution in [-0.4, -0.2) is 96.7 Å². The van der Waals surface area contributed by atoms with Crippen molar-refractivity contribution in [1.29, 1.82) is 0 Å². The quantitative estimate of drug-likeness (QED) is 0.268. The van der Waals surface area contributed by atoms with Crippen LogP contribution in [0.1, 0.15) is 53.4 Å². The SMILES string of the molecule is CCNC(=NCC(CCO)CC(C)C)N1CCN(C(C)C(=O)N2CCCC2)CC1.I. The number of likely N-dealkylation sites (tertiary alicyclic amines) is 1. The van der Waals surface area contributed by atoms with Gasteiger partial charge in [0.05, 0.1) is 6.04 Å². The van der Waals surface area contributed by atoms with Gasteiger partial charge in [-0.05, 0) is 51.4 Å². The van der Waals surface area contributed by atoms with Crippen molar-refractivity contribution >= 4 is 35.8 Å². The van der Waals surface area contributed by atoms with Crippen LogP contribution in [0.2, 0.25) is 0 Å². The molecule has 7 nitrogen and oxygen atoms in total. The maximum Gasteiger partial charge on any atom is 0.239 e. The normalized spacial score (nSPS) is 20.3. The summed E-state index contributed by atoms with van der Waals surface area (Å²) < 4.78 is 0. The van der Waals surface area contributed by atoms with Gasteiger partial charge in [-0.1, -0.05) is 13.8 Å². The summed E-state index contributed by atoms with van der Waals surface area (Å²) >= 11 is 0. The second kappa shape index (κ2) is 14.5. The van der Waals surface area contributed by atoms with E-state index in [1.54, 1.807) is 0 Å². The number of nitrogens with zero attached hydrogens (tertiary/aromatic N) is 4. The van der Waals surface area contributed by atoms with Gasteiger partial charge in [-0.25, -0.2) is 0 Å². The van der Waals surface area contributed by atoms with E-state index in [0.717, 1.165) is 84.0 Å². The first-order valence-electron chi connectivity index (χ1n) is 11.6. The smallest absolute Gasteiger partial charge is 0.239 e. The van der Waals surface area contributed by atoms with Crippen LogP contribution in [0.5, 0.6) is 0 Å². The number of carbonyl (C=O) groups is 1. The fourth-order valence-electron chi connectivity index (χ4n) is 4.45. The third-order valence-electron chi connectivity index (χ3n) is 6.11. The largest absolute Gasteiger partial charge is 0.396 e. The molecule has 8 heteroatoms. The van der Waals surface area contributed by atoms with Gasteiger partial charge < -0.3 is 20.2 Å². The second-order valence-corrected chi connectivity index (χ2v) is 8.93. The van der Waals surface area contributed by atoms with Gasteiger partial charge in [0.25, 0.3) is 0 Å². The molecule has 0 saturated carbocycles. The highest BCUT2D eigenvalue weighted by Crippen LogP contribution is 2.17. The molecule has 2 unspecified atom stereocenters. The standard InChI is InChI=1S/C22H43N5O2.HI/c1-5-23-22(24-17-20(8-15-28)16-18(2)3)27-13-11-25(12-14-27)19(4)21(29)26-9-6-7-10-26;/h18-20,28H,5-17H2,1-4H3,(H,23,24);1H. The number of guanidine groups is 1. The number of hydrogen-bond donors (Lipinski definition) is 2. The summed E-state index contributed by atoms with van der Waals surface area (Å²) in [6.45, 7) is 15.8. The minimum atomic E-state index is -0.0326. The Bertz CT molecular complexity index is 518. The van der Waals surface area contributed by atoms with Crippen molar-refractivity contribution in [1.82, 2.24) is 20.0 Å². The molecule has 0 aromatic rings. The summed E-state index contributed by atoms with van der Waals surface area (Å²) in [5.74, 6) is 2.30. The van der Waals surface area contributed by atoms with Gasteiger partial charge in [0.2, 0.25) is 5.91 Å². The van der Waals surface area contributed by atoms with Crippen molar-refractivity contribution in [2.75, 3.05) is 59.0 Å². The fourth-order valence-corrected chi connectivity index (χ4v) is 4.45. The number of aliphatic hydroxyl groups is 1. The molecule has 0 bridgehead atoms. The Hall–Kier alpha value is -0.610. The molecule has 2 fully saturated rings. The van der Waals surface area contributed by atoms with Crippen LogP contribution < -0.4 is 5.32 Å². The van der Waals surface area contributed by atoms with E-state index in [1.807, 2.05) is 4.90 Å². The van der Waals surface area contributed by atoms with E-state index in [-0.39, 0.29) is 42.5 Å². The van der Waals surface area contributed by atoms with Gasteiger partial charge in [0.15, 0.2) is 5.96 Å². The van der Waals surface area contributed by atoms with Crippen molar-refractivity contribution in [2.45, 2.75) is 59.4 Å². The molecule has 2 atom stereocenters. The van der Waals surface area contributed by atoms with E-state index in [1.165, 1.54) is 0 Å². The van der Waals surface area contributed by atoms with E-state index >= 15 is 0 Å². The Morgan fingerprint density at radius 2 is 1.67 bits per heavy atom. The van der Waals surface area contributed by atoms with Gasteiger partial charge in [-0.2, -0.15) is 0 Å². The molecule has 30 heavy (non-hydrogen) atoms. The number of aliphatic hydroxyl groups excluding tert-OH is 1. The Morgan fingerprint density at radius 3 is 2.20 bits per heavy atom. The molecule has 2 rings (SSSR count). The minimum Gasteiger partial charge on any atom is -0.396 e. The average Bonchev–Trinajstić information content (AvgIpc) is 3.24. The monoisotopic (exact) mass is 537 g/mol. The first-order valence-corrected chi connectivity index (χ1v) is 11.6. The maximum atomic E-state index is 12.7. The van der Waals surface area contributed by atoms with Crippen LogP contribution in [0.4, 0.5) is 0 Å². The van der Waals surface area contributed by atoms with Gasteiger partial charge >= 0.3 is 0 Å². The molecule has 176 valence electrons. The van der Waals surface area contributed by atoms with E-state index in [4.69, 9.17) is 4.99 Å². The van der Waals surface area contributed by atoms with Crippen LogP contribution in [0.3, 0.4) is 0 Å². The minimum absolute atomic E-state index is 0. The number of hydrogen-bond acceptors (Lipinski definition) is 4. The summed E-state index contributed by atoms with van der Waals surface area (Å²) in [5, 5.41) is 12.8. The average molecular weight is 538 g/mol. The number of carbonyl (C=O) groups excluding carboxylic acids is 1. The molecule has 0 aromatic carbocycles. The van der Waals surface area contributed by atoms with Crippen molar-refractivity contribution in [2.24, 2.45) is 16.8 Å². The highest BCUT2D eigenvalue weighted by atomic mass is 127. The van der Waals surface area contributed by atoms with E-state index in [2.05, 4.69) is 42.8 Å². The number of amides is 1. The van der Waals surface area contributed by atoms with Gasteiger partial charge in [0.1, 0.15) is 0 Å². The van der Waals surface area contributed by atoms with Crippen LogP contribution >= 0.6 is 24.0 Å². The summed E-state index contributed by atoms with van der Waals surface area (Å²) in [6.07, 6.45) is 4.18. The number of aliphatic imine (C=N–C) groups is 1. The zero-order chi connectivity index (χ0) is 21.2. The first kappa shape index (κ1) is 27.4. The molecule has 2 aliphatic heterocycles. The summed E-state index contributed by atoms with van der Waals surface area (Å²) in [7, 11) is 0. The van der Waals surface area contributed by atoms with Gasteiger partial charge in [0, 0.05) is 59.0 Å². The van der Waals surface area contributed by atoms with Gasteiger partial charge in [-0.15, -0.1) is 24.0 Å². The third kappa shape index (κ3) is 8.49. The van der Waals surface area contributed by atoms with Gasteiger partial charge in [-0.3, -0.25) is 14.7 Å². The predicted molar refractivity (Wildman–Crippen MR) is 134 cm³/mol. The van der Waals surface area contributed by atoms with Crippen LogP contribution in [0.25, 0.3) is 0 Å². The molecule has 2 N–H and O–H groups in total. The van der Waals surface area contributed by atoms with Crippen molar-refractivity contribution in [3.63, 3.8) is 0 Å². The Kier molecular flexibility index (Phi) is 13.2. The molecule has 0 aromatic heterocycles. The van der Waals surface area contributed by atoms with Crippen molar-refractivity contribution in [3.8, 4) is 0 Å². The lowest BCUT2D eigenvalue weighted by molar-refractivity contribution is -0.135. The predicted octanol–water partition coefficient (Wildman–Crippen LogP) is 2.24. The summed E-state index contributed by atoms with van der Waals surface area (Å²) in [5.41, 5.74) is 0. The lowest BCUT2D eigenvalue weighted by Gasteiger charge is -2.39. The molecule has 2 aliphatic rings. The van der Waals surface area contributed by atoms with E-state index in [9.17, 15) is 9.90 Å². The zero-order valence-electron chi connectivity index (χ0n) is 19.5. The van der Waals surface area contributed by atoms with Crippen LogP contribution in [0, 0.1) is 11.8 Å². The van der Waals surface area contributed by atoms with Crippen molar-refractivity contribution in [3.05, 3.63) is 0 Å². The molecular weight excluding hydrogens is 493 g/mol. The highest BCUT2D eigenvalue weighted by Gasteiger charge is 2.30. The topological polar surface area (TPSA) is 71.4 Å². The number of piperazine rings is 1. The number of rotatable bonds is 9. The van der Waals surface area contributed by atoms with Crippen LogP contribution in [0.15, 0.2) is 4.99 Å². The third-order valence-corrected chi connectivity index (χ3v) is 6.11. The summed E-state index contributed by atoms with van der Waals surface area (Å²) in [4.78, 5) is 24.3. The molecule has 0 radical (unpaired) electrons. The summed E-state index contributed by atoms with van der Waals surface area (Å²) in [6, 6.07) is -0.0326. The Balaban J connectivity index is 0.00000450. The first-order chi connectivity index (χ1) is 14.0. The molecular formula is C22H44IN5O2. The fraction of sp³-hybridized carbons (Fsp3) is 0.909. The number of halogens is 1. The maximum absolute atomic E-state index is 12.7. The second-order valence-electron chi connectivity index (χ2n) is 8.93. The van der Waals surface area contributed by atoms with E-state index in [0.29, 0.717) is 11.8 Å².